The van der Waals surface area contributed by atoms with Crippen LogP contribution >= 0.6 is 0 Å². The Morgan fingerprint density at radius 2 is 1.90 bits per heavy atom. The fourth-order valence-corrected chi connectivity index (χ4v) is 2.93. The highest BCUT2D eigenvalue weighted by Crippen LogP contribution is 2.37. The van der Waals surface area contributed by atoms with Gasteiger partial charge in [0.25, 0.3) is 0 Å². The summed E-state index contributed by atoms with van der Waals surface area (Å²) in [4.78, 5) is 0. The standard InChI is InChI=1S/C16H25NO3/c1-19-13-6-7-15(20-2)14(10-13)17-11-16(12-18)8-4-3-5-9-16/h6-7,10,17-18H,3-5,8-9,11-12H2,1-2H3. The van der Waals surface area contributed by atoms with Crippen molar-refractivity contribution in [2.75, 3.05) is 32.7 Å². The van der Waals surface area contributed by atoms with Gasteiger partial charge >= 0.3 is 0 Å². The van der Waals surface area contributed by atoms with E-state index in [0.29, 0.717) is 0 Å². The van der Waals surface area contributed by atoms with Gasteiger partial charge in [0.1, 0.15) is 11.5 Å². The molecule has 0 unspecified atom stereocenters. The van der Waals surface area contributed by atoms with Gasteiger partial charge in [0.2, 0.25) is 0 Å². The van der Waals surface area contributed by atoms with Gasteiger partial charge in [-0.1, -0.05) is 19.3 Å². The molecule has 0 aromatic heterocycles. The molecule has 1 aromatic carbocycles. The van der Waals surface area contributed by atoms with Crippen LogP contribution in [0.2, 0.25) is 0 Å². The van der Waals surface area contributed by atoms with Crippen molar-refractivity contribution in [3.8, 4) is 11.5 Å². The predicted octanol–water partition coefficient (Wildman–Crippen LogP) is 3.06. The van der Waals surface area contributed by atoms with Crippen LogP contribution in [-0.2, 0) is 0 Å². The molecule has 2 rings (SSSR count). The Morgan fingerprint density at radius 1 is 1.15 bits per heavy atom. The molecule has 1 saturated carbocycles. The van der Waals surface area contributed by atoms with Crippen molar-refractivity contribution in [1.29, 1.82) is 0 Å². The van der Waals surface area contributed by atoms with Crippen molar-refractivity contribution in [2.45, 2.75) is 32.1 Å². The average Bonchev–Trinajstić information content (AvgIpc) is 2.53. The number of hydrogen-bond acceptors (Lipinski definition) is 4. The molecule has 0 bridgehead atoms. The molecule has 1 fully saturated rings. The Morgan fingerprint density at radius 3 is 2.50 bits per heavy atom. The molecule has 0 saturated heterocycles. The van der Waals surface area contributed by atoms with Crippen molar-refractivity contribution < 1.29 is 14.6 Å². The van der Waals surface area contributed by atoms with E-state index in [1.165, 1.54) is 19.3 Å². The normalized spacial score (nSPS) is 17.6. The molecule has 0 aliphatic heterocycles. The van der Waals surface area contributed by atoms with Crippen LogP contribution < -0.4 is 14.8 Å². The Balaban J connectivity index is 2.08. The number of rotatable bonds is 6. The van der Waals surface area contributed by atoms with E-state index in [2.05, 4.69) is 5.32 Å². The quantitative estimate of drug-likeness (QED) is 0.840. The van der Waals surface area contributed by atoms with Crippen molar-refractivity contribution >= 4 is 5.69 Å². The SMILES string of the molecule is COc1ccc(OC)c(NCC2(CO)CCCCC2)c1. The molecule has 112 valence electrons. The molecule has 1 aliphatic carbocycles. The zero-order valence-electron chi connectivity index (χ0n) is 12.4. The molecule has 0 radical (unpaired) electrons. The first-order chi connectivity index (χ1) is 9.73. The summed E-state index contributed by atoms with van der Waals surface area (Å²) in [5, 5.41) is 13.2. The lowest BCUT2D eigenvalue weighted by atomic mass is 9.74. The van der Waals surface area contributed by atoms with Crippen molar-refractivity contribution in [1.82, 2.24) is 0 Å². The topological polar surface area (TPSA) is 50.7 Å². The number of aliphatic hydroxyl groups is 1. The van der Waals surface area contributed by atoms with Crippen LogP contribution in [0.4, 0.5) is 5.69 Å². The molecule has 4 heteroatoms. The van der Waals surface area contributed by atoms with E-state index >= 15 is 0 Å². The van der Waals surface area contributed by atoms with Crippen molar-refractivity contribution in [3.63, 3.8) is 0 Å². The number of nitrogens with one attached hydrogen (secondary N) is 1. The van der Waals surface area contributed by atoms with E-state index < -0.39 is 0 Å². The molecule has 0 spiro atoms. The maximum Gasteiger partial charge on any atom is 0.142 e. The van der Waals surface area contributed by atoms with E-state index in [4.69, 9.17) is 9.47 Å². The van der Waals surface area contributed by atoms with Crippen molar-refractivity contribution in [3.05, 3.63) is 18.2 Å². The molecule has 4 nitrogen and oxygen atoms in total. The first kappa shape index (κ1) is 15.0. The van der Waals surface area contributed by atoms with E-state index in [1.54, 1.807) is 14.2 Å². The first-order valence-corrected chi connectivity index (χ1v) is 7.30. The van der Waals surface area contributed by atoms with Gasteiger partial charge < -0.3 is 19.9 Å². The second kappa shape index (κ2) is 6.84. The van der Waals surface area contributed by atoms with Crippen LogP contribution in [0, 0.1) is 5.41 Å². The molecule has 20 heavy (non-hydrogen) atoms. The minimum absolute atomic E-state index is 0.00629. The Labute approximate surface area is 121 Å². The van der Waals surface area contributed by atoms with Gasteiger partial charge in [-0.05, 0) is 25.0 Å². The highest BCUT2D eigenvalue weighted by atomic mass is 16.5. The third-order valence-corrected chi connectivity index (χ3v) is 4.31. The number of methoxy groups -OCH3 is 2. The summed E-state index contributed by atoms with van der Waals surface area (Å²) in [5.74, 6) is 1.60. The monoisotopic (exact) mass is 279 g/mol. The predicted molar refractivity (Wildman–Crippen MR) is 80.6 cm³/mol. The fraction of sp³-hybridized carbons (Fsp3) is 0.625. The summed E-state index contributed by atoms with van der Waals surface area (Å²) in [6.07, 6.45) is 5.87. The van der Waals surface area contributed by atoms with E-state index in [0.717, 1.165) is 36.6 Å². The molecule has 0 atom stereocenters. The van der Waals surface area contributed by atoms with Crippen LogP contribution in [0.3, 0.4) is 0 Å². The van der Waals surface area contributed by atoms with E-state index in [-0.39, 0.29) is 12.0 Å². The minimum Gasteiger partial charge on any atom is -0.497 e. The second-order valence-electron chi connectivity index (χ2n) is 5.64. The largest absolute Gasteiger partial charge is 0.497 e. The van der Waals surface area contributed by atoms with Gasteiger partial charge in [0.05, 0.1) is 26.5 Å². The van der Waals surface area contributed by atoms with Crippen LogP contribution in [0.5, 0.6) is 11.5 Å². The minimum atomic E-state index is 0.00629. The highest BCUT2D eigenvalue weighted by molar-refractivity contribution is 5.59. The molecule has 1 aliphatic rings. The molecular formula is C16H25NO3. The maximum absolute atomic E-state index is 9.75. The zero-order chi connectivity index (χ0) is 14.4. The summed E-state index contributed by atoms with van der Waals surface area (Å²) in [6, 6.07) is 5.72. The van der Waals surface area contributed by atoms with Gasteiger partial charge in [0, 0.05) is 18.0 Å². The van der Waals surface area contributed by atoms with Gasteiger partial charge in [-0.3, -0.25) is 0 Å². The Kier molecular flexibility index (Phi) is 5.12. The van der Waals surface area contributed by atoms with Crippen LogP contribution in [0.25, 0.3) is 0 Å². The van der Waals surface area contributed by atoms with Crippen LogP contribution in [0.15, 0.2) is 18.2 Å². The first-order valence-electron chi connectivity index (χ1n) is 7.30. The van der Waals surface area contributed by atoms with Crippen LogP contribution in [-0.4, -0.2) is 32.5 Å². The average molecular weight is 279 g/mol. The lowest BCUT2D eigenvalue weighted by Gasteiger charge is -2.36. The maximum atomic E-state index is 9.75. The number of anilines is 1. The third-order valence-electron chi connectivity index (χ3n) is 4.31. The summed E-state index contributed by atoms with van der Waals surface area (Å²) in [6.45, 7) is 1.01. The Bertz CT molecular complexity index is 428. The summed E-state index contributed by atoms with van der Waals surface area (Å²) >= 11 is 0. The zero-order valence-corrected chi connectivity index (χ0v) is 12.4. The number of benzene rings is 1. The van der Waals surface area contributed by atoms with Crippen molar-refractivity contribution in [2.24, 2.45) is 5.41 Å². The summed E-state index contributed by atoms with van der Waals surface area (Å²) < 4.78 is 10.6. The number of hydrogen-bond donors (Lipinski definition) is 2. The molecule has 1 aromatic rings. The van der Waals surface area contributed by atoms with E-state index in [1.807, 2.05) is 18.2 Å². The second-order valence-corrected chi connectivity index (χ2v) is 5.64. The summed E-state index contributed by atoms with van der Waals surface area (Å²) in [7, 11) is 3.32. The molecular weight excluding hydrogens is 254 g/mol. The van der Waals surface area contributed by atoms with E-state index in [9.17, 15) is 5.11 Å². The van der Waals surface area contributed by atoms with Gasteiger partial charge in [0.15, 0.2) is 0 Å². The smallest absolute Gasteiger partial charge is 0.142 e. The van der Waals surface area contributed by atoms with Crippen LogP contribution in [0.1, 0.15) is 32.1 Å². The van der Waals surface area contributed by atoms with Gasteiger partial charge in [-0.15, -0.1) is 0 Å². The van der Waals surface area contributed by atoms with Gasteiger partial charge in [-0.25, -0.2) is 0 Å². The Hall–Kier alpha value is -1.42. The molecule has 2 N–H and O–H groups in total. The lowest BCUT2D eigenvalue weighted by molar-refractivity contribution is 0.0943. The number of aliphatic hydroxyl groups excluding tert-OH is 1. The van der Waals surface area contributed by atoms with Gasteiger partial charge in [-0.2, -0.15) is 0 Å². The third kappa shape index (κ3) is 3.37. The number of ether oxygens (including phenoxy) is 2. The molecule has 0 amide bonds. The highest BCUT2D eigenvalue weighted by Gasteiger charge is 2.31. The molecule has 0 heterocycles. The lowest BCUT2D eigenvalue weighted by Crippen LogP contribution is -2.35. The summed E-state index contributed by atoms with van der Waals surface area (Å²) in [5.41, 5.74) is 0.928. The fourth-order valence-electron chi connectivity index (χ4n) is 2.93.